The molecule has 7 nitrogen and oxygen atoms in total. The molecule has 7 heteroatoms. The SMILES string of the molecule is Cc1nc(-c2ccncc2)[nH]c(=O)c1CC(=O)N1CCCCC1C(C)N. The molecule has 3 heterocycles. The molecule has 0 aliphatic carbocycles. The fourth-order valence-corrected chi connectivity index (χ4v) is 3.53. The molecule has 1 aliphatic heterocycles. The van der Waals surface area contributed by atoms with E-state index in [1.807, 2.05) is 11.8 Å². The number of hydrogen-bond acceptors (Lipinski definition) is 5. The lowest BCUT2D eigenvalue weighted by Crippen LogP contribution is -2.52. The van der Waals surface area contributed by atoms with Gasteiger partial charge >= 0.3 is 0 Å². The molecule has 2 unspecified atom stereocenters. The average molecular weight is 355 g/mol. The summed E-state index contributed by atoms with van der Waals surface area (Å²) in [6, 6.07) is 3.53. The third-order valence-electron chi connectivity index (χ3n) is 4.98. The van der Waals surface area contributed by atoms with Crippen molar-refractivity contribution in [3.8, 4) is 11.4 Å². The summed E-state index contributed by atoms with van der Waals surface area (Å²) in [4.78, 5) is 38.5. The van der Waals surface area contributed by atoms with E-state index in [1.165, 1.54) is 0 Å². The van der Waals surface area contributed by atoms with Crippen molar-refractivity contribution in [3.05, 3.63) is 46.1 Å². The first-order valence-electron chi connectivity index (χ1n) is 9.02. The number of carbonyl (C=O) groups is 1. The lowest BCUT2D eigenvalue weighted by Gasteiger charge is -2.38. The van der Waals surface area contributed by atoms with Crippen molar-refractivity contribution in [3.63, 3.8) is 0 Å². The Morgan fingerprint density at radius 1 is 1.38 bits per heavy atom. The van der Waals surface area contributed by atoms with Crippen LogP contribution in [0.25, 0.3) is 11.4 Å². The van der Waals surface area contributed by atoms with Gasteiger partial charge in [-0.15, -0.1) is 0 Å². The zero-order chi connectivity index (χ0) is 18.7. The monoisotopic (exact) mass is 355 g/mol. The zero-order valence-electron chi connectivity index (χ0n) is 15.2. The summed E-state index contributed by atoms with van der Waals surface area (Å²) in [5.41, 5.74) is 7.56. The molecule has 2 atom stereocenters. The van der Waals surface area contributed by atoms with E-state index < -0.39 is 0 Å². The third kappa shape index (κ3) is 3.83. The smallest absolute Gasteiger partial charge is 0.255 e. The van der Waals surface area contributed by atoms with Crippen LogP contribution in [0.15, 0.2) is 29.3 Å². The Bertz CT molecular complexity index is 832. The quantitative estimate of drug-likeness (QED) is 0.863. The normalized spacial score (nSPS) is 18.6. The topological polar surface area (TPSA) is 105 Å². The molecule has 3 N–H and O–H groups in total. The largest absolute Gasteiger partial charge is 0.338 e. The molecule has 1 fully saturated rings. The van der Waals surface area contributed by atoms with Crippen LogP contribution in [-0.4, -0.2) is 44.4 Å². The molecule has 0 bridgehead atoms. The molecule has 3 rings (SSSR count). The molecule has 1 saturated heterocycles. The van der Waals surface area contributed by atoms with Crippen molar-refractivity contribution in [2.75, 3.05) is 6.54 Å². The van der Waals surface area contributed by atoms with E-state index in [9.17, 15) is 9.59 Å². The number of rotatable bonds is 4. The van der Waals surface area contributed by atoms with Gasteiger partial charge in [0.15, 0.2) is 0 Å². The van der Waals surface area contributed by atoms with Gasteiger partial charge in [0.05, 0.1) is 6.42 Å². The molecule has 2 aromatic rings. The molecule has 1 amide bonds. The highest BCUT2D eigenvalue weighted by Gasteiger charge is 2.29. The Morgan fingerprint density at radius 2 is 2.12 bits per heavy atom. The van der Waals surface area contributed by atoms with Gasteiger partial charge in [0.1, 0.15) is 5.82 Å². The highest BCUT2D eigenvalue weighted by atomic mass is 16.2. The lowest BCUT2D eigenvalue weighted by molar-refractivity contribution is -0.134. The highest BCUT2D eigenvalue weighted by molar-refractivity contribution is 5.79. The van der Waals surface area contributed by atoms with Gasteiger partial charge in [-0.05, 0) is 45.2 Å². The maximum Gasteiger partial charge on any atom is 0.255 e. The Balaban J connectivity index is 1.83. The fraction of sp³-hybridized carbons (Fsp3) is 0.474. The first kappa shape index (κ1) is 18.3. The van der Waals surface area contributed by atoms with Crippen molar-refractivity contribution >= 4 is 5.91 Å². The van der Waals surface area contributed by atoms with Crippen molar-refractivity contribution in [2.24, 2.45) is 5.73 Å². The van der Waals surface area contributed by atoms with Gasteiger partial charge in [0.2, 0.25) is 5.91 Å². The second kappa shape index (κ2) is 7.78. The molecule has 0 aromatic carbocycles. The van der Waals surface area contributed by atoms with Gasteiger partial charge in [-0.2, -0.15) is 0 Å². The average Bonchev–Trinajstić information content (AvgIpc) is 2.65. The molecule has 0 saturated carbocycles. The molecule has 0 radical (unpaired) electrons. The Labute approximate surface area is 152 Å². The predicted molar refractivity (Wildman–Crippen MR) is 99.5 cm³/mol. The second-order valence-electron chi connectivity index (χ2n) is 6.90. The maximum absolute atomic E-state index is 12.8. The van der Waals surface area contributed by atoms with Gasteiger partial charge in [0.25, 0.3) is 5.56 Å². The lowest BCUT2D eigenvalue weighted by atomic mass is 9.96. The van der Waals surface area contributed by atoms with Crippen LogP contribution in [0.2, 0.25) is 0 Å². The van der Waals surface area contributed by atoms with E-state index in [0.29, 0.717) is 23.6 Å². The van der Waals surface area contributed by atoms with Crippen LogP contribution in [0.1, 0.15) is 37.4 Å². The maximum atomic E-state index is 12.8. The van der Waals surface area contributed by atoms with Crippen LogP contribution in [0.3, 0.4) is 0 Å². The molecule has 2 aromatic heterocycles. The van der Waals surface area contributed by atoms with Crippen molar-refractivity contribution in [2.45, 2.75) is 51.6 Å². The van der Waals surface area contributed by atoms with Gasteiger partial charge in [-0.25, -0.2) is 4.98 Å². The highest BCUT2D eigenvalue weighted by Crippen LogP contribution is 2.20. The number of amides is 1. The summed E-state index contributed by atoms with van der Waals surface area (Å²) in [6.45, 7) is 4.39. The second-order valence-corrected chi connectivity index (χ2v) is 6.90. The van der Waals surface area contributed by atoms with Crippen molar-refractivity contribution in [1.82, 2.24) is 19.9 Å². The van der Waals surface area contributed by atoms with Crippen molar-refractivity contribution in [1.29, 1.82) is 0 Å². The van der Waals surface area contributed by atoms with Crippen LogP contribution in [-0.2, 0) is 11.2 Å². The van der Waals surface area contributed by atoms with E-state index in [-0.39, 0.29) is 30.0 Å². The number of piperidine rings is 1. The Kier molecular flexibility index (Phi) is 5.46. The number of pyridine rings is 1. The summed E-state index contributed by atoms with van der Waals surface area (Å²) in [6.07, 6.45) is 6.31. The number of nitrogens with zero attached hydrogens (tertiary/aromatic N) is 3. The fourth-order valence-electron chi connectivity index (χ4n) is 3.53. The van der Waals surface area contributed by atoms with Crippen LogP contribution >= 0.6 is 0 Å². The number of aromatic amines is 1. The third-order valence-corrected chi connectivity index (χ3v) is 4.98. The zero-order valence-corrected chi connectivity index (χ0v) is 15.2. The van der Waals surface area contributed by atoms with Gasteiger partial charge in [-0.1, -0.05) is 0 Å². The number of aryl methyl sites for hydroxylation is 1. The van der Waals surface area contributed by atoms with E-state index in [0.717, 1.165) is 24.8 Å². The summed E-state index contributed by atoms with van der Waals surface area (Å²) in [5, 5.41) is 0. The standard InChI is InChI=1S/C19H25N5O2/c1-12(20)16-5-3-4-10-24(16)17(25)11-15-13(2)22-18(23-19(15)26)14-6-8-21-9-7-14/h6-9,12,16H,3-5,10-11,20H2,1-2H3,(H,22,23,26). The first-order chi connectivity index (χ1) is 12.5. The number of nitrogens with two attached hydrogens (primary N) is 1. The molecular weight excluding hydrogens is 330 g/mol. The van der Waals surface area contributed by atoms with E-state index in [4.69, 9.17) is 5.73 Å². The van der Waals surface area contributed by atoms with Crippen LogP contribution in [0.4, 0.5) is 0 Å². The van der Waals surface area contributed by atoms with Gasteiger partial charge < -0.3 is 15.6 Å². The molecule has 26 heavy (non-hydrogen) atoms. The number of likely N-dealkylation sites (tertiary alicyclic amines) is 1. The summed E-state index contributed by atoms with van der Waals surface area (Å²) >= 11 is 0. The molecule has 1 aliphatic rings. The minimum absolute atomic E-state index is 0.0414. The number of carbonyl (C=O) groups excluding carboxylic acids is 1. The van der Waals surface area contributed by atoms with E-state index in [1.54, 1.807) is 31.5 Å². The predicted octanol–water partition coefficient (Wildman–Crippen LogP) is 1.41. The summed E-state index contributed by atoms with van der Waals surface area (Å²) < 4.78 is 0. The minimum atomic E-state index is -0.271. The van der Waals surface area contributed by atoms with Crippen LogP contribution in [0.5, 0.6) is 0 Å². The number of nitrogens with one attached hydrogen (secondary N) is 1. The molecule has 138 valence electrons. The Hall–Kier alpha value is -2.54. The Morgan fingerprint density at radius 3 is 2.77 bits per heavy atom. The minimum Gasteiger partial charge on any atom is -0.338 e. The van der Waals surface area contributed by atoms with E-state index in [2.05, 4.69) is 15.0 Å². The number of H-pyrrole nitrogens is 1. The first-order valence-corrected chi connectivity index (χ1v) is 9.02. The van der Waals surface area contributed by atoms with Gasteiger partial charge in [0, 0.05) is 47.8 Å². The summed E-state index contributed by atoms with van der Waals surface area (Å²) in [7, 11) is 0. The number of aromatic nitrogens is 3. The van der Waals surface area contributed by atoms with E-state index >= 15 is 0 Å². The molecule has 0 spiro atoms. The van der Waals surface area contributed by atoms with Gasteiger partial charge in [-0.3, -0.25) is 14.6 Å². The summed E-state index contributed by atoms with van der Waals surface area (Å²) in [5.74, 6) is 0.427. The molecular formula is C19H25N5O2. The number of hydrogen-bond donors (Lipinski definition) is 2. The van der Waals surface area contributed by atoms with Crippen molar-refractivity contribution < 1.29 is 4.79 Å². The van der Waals surface area contributed by atoms with Crippen LogP contribution < -0.4 is 11.3 Å². The van der Waals surface area contributed by atoms with Crippen LogP contribution in [0, 0.1) is 6.92 Å².